The van der Waals surface area contributed by atoms with Crippen LogP contribution < -0.4 is 0 Å². The zero-order valence-corrected chi connectivity index (χ0v) is 11.9. The van der Waals surface area contributed by atoms with Gasteiger partial charge in [0.15, 0.2) is 0 Å². The topological polar surface area (TPSA) is 43.9 Å². The Morgan fingerprint density at radius 1 is 1.35 bits per heavy atom. The lowest BCUT2D eigenvalue weighted by Crippen LogP contribution is -2.04. The number of nitrogens with zero attached hydrogens (tertiary/aromatic N) is 3. The highest BCUT2D eigenvalue weighted by molar-refractivity contribution is 6.16. The van der Waals surface area contributed by atoms with E-state index in [1.165, 1.54) is 6.07 Å². The molecule has 0 spiro atoms. The van der Waals surface area contributed by atoms with E-state index in [2.05, 4.69) is 9.97 Å². The number of oxazole rings is 1. The highest BCUT2D eigenvalue weighted by Crippen LogP contribution is 2.22. The molecule has 0 atom stereocenters. The molecule has 20 heavy (non-hydrogen) atoms. The Morgan fingerprint density at radius 3 is 2.80 bits per heavy atom. The second-order valence-electron chi connectivity index (χ2n) is 4.70. The molecule has 3 rings (SSSR count). The number of aromatic nitrogens is 3. The lowest BCUT2D eigenvalue weighted by molar-refractivity contribution is 0.457. The first-order valence-electron chi connectivity index (χ1n) is 6.21. The average Bonchev–Trinajstić information content (AvgIpc) is 2.96. The van der Waals surface area contributed by atoms with Gasteiger partial charge in [-0.2, -0.15) is 0 Å². The molecular weight excluding hydrogens is 281 g/mol. The maximum Gasteiger partial charge on any atom is 0.214 e. The average molecular weight is 294 g/mol. The van der Waals surface area contributed by atoms with E-state index in [0.717, 1.165) is 11.3 Å². The highest BCUT2D eigenvalue weighted by Gasteiger charge is 2.14. The smallest absolute Gasteiger partial charge is 0.214 e. The van der Waals surface area contributed by atoms with Gasteiger partial charge >= 0.3 is 0 Å². The summed E-state index contributed by atoms with van der Waals surface area (Å²) in [5.74, 6) is 1.97. The molecule has 1 aromatic carbocycles. The van der Waals surface area contributed by atoms with Crippen molar-refractivity contribution in [2.75, 3.05) is 0 Å². The Bertz CT molecular complexity index is 778. The first kappa shape index (κ1) is 13.1. The fourth-order valence-electron chi connectivity index (χ4n) is 2.19. The zero-order chi connectivity index (χ0) is 14.3. The molecule has 0 saturated heterocycles. The monoisotopic (exact) mass is 293 g/mol. The molecule has 2 heterocycles. The fraction of sp³-hybridized carbons (Fsp3) is 0.286. The van der Waals surface area contributed by atoms with Crippen molar-refractivity contribution in [3.63, 3.8) is 0 Å². The van der Waals surface area contributed by atoms with Gasteiger partial charge in [-0.05, 0) is 25.5 Å². The lowest BCUT2D eigenvalue weighted by Gasteiger charge is -2.05. The van der Waals surface area contributed by atoms with Crippen LogP contribution in [0.2, 0.25) is 0 Å². The maximum absolute atomic E-state index is 13.6. The van der Waals surface area contributed by atoms with E-state index in [9.17, 15) is 4.39 Å². The number of imidazole rings is 1. The summed E-state index contributed by atoms with van der Waals surface area (Å²) < 4.78 is 21.0. The predicted molar refractivity (Wildman–Crippen MR) is 74.3 cm³/mol. The fourth-order valence-corrected chi connectivity index (χ4v) is 2.39. The van der Waals surface area contributed by atoms with Crippen LogP contribution in [0.5, 0.6) is 0 Å². The van der Waals surface area contributed by atoms with Crippen LogP contribution in [-0.4, -0.2) is 14.5 Å². The van der Waals surface area contributed by atoms with Crippen LogP contribution in [0.1, 0.15) is 23.0 Å². The van der Waals surface area contributed by atoms with Gasteiger partial charge in [0.1, 0.15) is 23.9 Å². The van der Waals surface area contributed by atoms with E-state index in [1.807, 2.05) is 11.5 Å². The predicted octanol–water partition coefficient (Wildman–Crippen LogP) is 3.57. The maximum atomic E-state index is 13.6. The van der Waals surface area contributed by atoms with Gasteiger partial charge in [-0.25, -0.2) is 14.4 Å². The minimum atomic E-state index is -0.268. The van der Waals surface area contributed by atoms with Crippen molar-refractivity contribution in [2.24, 2.45) is 0 Å². The minimum Gasteiger partial charge on any atom is -0.444 e. The Hall–Kier alpha value is -1.88. The molecule has 3 aromatic rings. The summed E-state index contributed by atoms with van der Waals surface area (Å²) in [5.41, 5.74) is 1.99. The number of halogens is 2. The Morgan fingerprint density at radius 2 is 2.15 bits per heavy atom. The normalized spacial score (nSPS) is 11.4. The summed E-state index contributed by atoms with van der Waals surface area (Å²) in [4.78, 5) is 8.54. The summed E-state index contributed by atoms with van der Waals surface area (Å²) >= 11 is 5.93. The third-order valence-corrected chi connectivity index (χ3v) is 3.43. The van der Waals surface area contributed by atoms with Crippen LogP contribution in [0, 0.1) is 19.7 Å². The molecule has 2 aromatic heterocycles. The van der Waals surface area contributed by atoms with Crippen molar-refractivity contribution in [3.8, 4) is 0 Å². The molecule has 0 aliphatic rings. The first-order valence-corrected chi connectivity index (χ1v) is 6.74. The van der Waals surface area contributed by atoms with Crippen LogP contribution >= 0.6 is 11.6 Å². The molecule has 0 radical (unpaired) electrons. The molecule has 104 valence electrons. The molecule has 6 heteroatoms. The zero-order valence-electron chi connectivity index (χ0n) is 11.2. The highest BCUT2D eigenvalue weighted by atomic mass is 35.5. The summed E-state index contributed by atoms with van der Waals surface area (Å²) in [6.45, 7) is 3.99. The molecule has 0 amide bonds. The third-order valence-electron chi connectivity index (χ3n) is 3.19. The summed E-state index contributed by atoms with van der Waals surface area (Å²) in [6, 6.07) is 3.20. The molecule has 0 aliphatic carbocycles. The van der Waals surface area contributed by atoms with Crippen LogP contribution in [0.25, 0.3) is 11.0 Å². The van der Waals surface area contributed by atoms with Crippen LogP contribution in [0.15, 0.2) is 22.7 Å². The number of benzene rings is 1. The summed E-state index contributed by atoms with van der Waals surface area (Å²) in [7, 11) is 0. The number of hydrogen-bond donors (Lipinski definition) is 0. The lowest BCUT2D eigenvalue weighted by atomic mass is 10.2. The van der Waals surface area contributed by atoms with E-state index in [0.29, 0.717) is 29.3 Å². The Kier molecular flexibility index (Phi) is 3.22. The molecule has 0 N–H and O–H groups in total. The second-order valence-corrected chi connectivity index (χ2v) is 4.97. The van der Waals surface area contributed by atoms with E-state index in [4.69, 9.17) is 16.0 Å². The Labute approximate surface area is 120 Å². The third kappa shape index (κ3) is 2.18. The number of hydrogen-bond acceptors (Lipinski definition) is 3. The molecule has 0 aliphatic heterocycles. The van der Waals surface area contributed by atoms with Gasteiger partial charge < -0.3 is 8.98 Å². The van der Waals surface area contributed by atoms with Gasteiger partial charge in [0.05, 0.1) is 23.1 Å². The van der Waals surface area contributed by atoms with Crippen molar-refractivity contribution < 1.29 is 8.81 Å². The summed E-state index contributed by atoms with van der Waals surface area (Å²) in [6.07, 6.45) is 1.67. The minimum absolute atomic E-state index is 0.245. The van der Waals surface area contributed by atoms with Crippen LogP contribution in [0.3, 0.4) is 0 Å². The van der Waals surface area contributed by atoms with Crippen LogP contribution in [-0.2, 0) is 12.4 Å². The molecule has 0 bridgehead atoms. The van der Waals surface area contributed by atoms with Crippen LogP contribution in [0.4, 0.5) is 4.39 Å². The van der Waals surface area contributed by atoms with E-state index < -0.39 is 0 Å². The number of alkyl halides is 1. The SMILES string of the molecule is Cc1cnc(Cn2c(CCl)nc3cc(F)c(C)cc32)o1. The first-order chi connectivity index (χ1) is 9.58. The van der Waals surface area contributed by atoms with E-state index in [1.54, 1.807) is 19.2 Å². The largest absolute Gasteiger partial charge is 0.444 e. The second kappa shape index (κ2) is 4.90. The molecule has 0 fully saturated rings. The number of rotatable bonds is 3. The Balaban J connectivity index is 2.14. The van der Waals surface area contributed by atoms with Gasteiger partial charge in [-0.3, -0.25) is 0 Å². The standard InChI is InChI=1S/C14H13ClFN3O/c1-8-3-12-11(4-10(8)16)18-13(5-15)19(12)7-14-17-6-9(2)20-14/h3-4,6H,5,7H2,1-2H3. The van der Waals surface area contributed by atoms with E-state index >= 15 is 0 Å². The molecule has 0 unspecified atom stereocenters. The number of aryl methyl sites for hydroxylation is 2. The van der Waals surface area contributed by atoms with Gasteiger partial charge in [-0.15, -0.1) is 11.6 Å². The number of fused-ring (bicyclic) bond motifs is 1. The molecular formula is C14H13ClFN3O. The quantitative estimate of drug-likeness (QED) is 0.693. The van der Waals surface area contributed by atoms with Gasteiger partial charge in [0.25, 0.3) is 0 Å². The van der Waals surface area contributed by atoms with Crippen molar-refractivity contribution in [1.29, 1.82) is 0 Å². The van der Waals surface area contributed by atoms with Gasteiger partial charge in [0.2, 0.25) is 5.89 Å². The van der Waals surface area contributed by atoms with Crippen molar-refractivity contribution >= 4 is 22.6 Å². The van der Waals surface area contributed by atoms with Crippen molar-refractivity contribution in [1.82, 2.24) is 14.5 Å². The molecule has 0 saturated carbocycles. The van der Waals surface area contributed by atoms with Crippen molar-refractivity contribution in [3.05, 3.63) is 47.2 Å². The van der Waals surface area contributed by atoms with Gasteiger partial charge in [-0.1, -0.05) is 0 Å². The summed E-state index contributed by atoms with van der Waals surface area (Å²) in [5, 5.41) is 0. The van der Waals surface area contributed by atoms with E-state index in [-0.39, 0.29) is 11.7 Å². The molecule has 4 nitrogen and oxygen atoms in total. The van der Waals surface area contributed by atoms with Crippen molar-refractivity contribution in [2.45, 2.75) is 26.3 Å². The van der Waals surface area contributed by atoms with Gasteiger partial charge in [0, 0.05) is 6.07 Å².